The number of nitrogens with zero attached hydrogens (tertiary/aromatic N) is 2. The molecule has 0 fully saturated rings. The van der Waals surface area contributed by atoms with Crippen LogP contribution < -0.4 is 24.3 Å². The summed E-state index contributed by atoms with van der Waals surface area (Å²) in [6.07, 6.45) is 3.25. The number of fused-ring (bicyclic) bond motifs is 2. The zero-order valence-electron chi connectivity index (χ0n) is 17.2. The first kappa shape index (κ1) is 19.3. The Morgan fingerprint density at radius 3 is 2.65 bits per heavy atom. The first-order chi connectivity index (χ1) is 15.2. The second kappa shape index (κ2) is 8.22. The van der Waals surface area contributed by atoms with Crippen molar-refractivity contribution in [1.29, 1.82) is 0 Å². The molecule has 2 aliphatic rings. The molecule has 0 radical (unpaired) electrons. The molecular weight excluding hydrogens is 398 g/mol. The van der Waals surface area contributed by atoms with Crippen molar-refractivity contribution < 1.29 is 23.7 Å². The van der Waals surface area contributed by atoms with Crippen LogP contribution in [0, 0.1) is 0 Å². The van der Waals surface area contributed by atoms with Gasteiger partial charge in [-0.25, -0.2) is 0 Å². The first-order valence-corrected chi connectivity index (χ1v) is 10.3. The van der Waals surface area contributed by atoms with E-state index in [0.29, 0.717) is 48.9 Å². The van der Waals surface area contributed by atoms with Crippen LogP contribution in [-0.2, 0) is 13.5 Å². The van der Waals surface area contributed by atoms with Crippen LogP contribution in [0.25, 0.3) is 11.3 Å². The van der Waals surface area contributed by atoms with Crippen molar-refractivity contribution >= 4 is 5.91 Å². The summed E-state index contributed by atoms with van der Waals surface area (Å²) in [7, 11) is 1.80. The van der Waals surface area contributed by atoms with Gasteiger partial charge < -0.3 is 24.3 Å². The van der Waals surface area contributed by atoms with Gasteiger partial charge in [0.05, 0.1) is 18.8 Å². The van der Waals surface area contributed by atoms with E-state index in [0.717, 1.165) is 29.0 Å². The van der Waals surface area contributed by atoms with Gasteiger partial charge in [0, 0.05) is 31.8 Å². The number of benzene rings is 2. The fraction of sp³-hybridized carbons (Fsp3) is 0.304. The van der Waals surface area contributed by atoms with E-state index in [1.165, 1.54) is 0 Å². The lowest BCUT2D eigenvalue weighted by atomic mass is 10.1. The minimum Gasteiger partial charge on any atom is -0.490 e. The van der Waals surface area contributed by atoms with Gasteiger partial charge in [-0.05, 0) is 42.3 Å². The molecule has 8 heteroatoms. The Kier molecular flexibility index (Phi) is 5.11. The smallest absolute Gasteiger partial charge is 0.255 e. The zero-order chi connectivity index (χ0) is 21.2. The lowest BCUT2D eigenvalue weighted by molar-refractivity contribution is 0.0954. The summed E-state index contributed by atoms with van der Waals surface area (Å²) in [5.41, 5.74) is 3.01. The van der Waals surface area contributed by atoms with Crippen molar-refractivity contribution in [2.75, 3.05) is 26.6 Å². The molecule has 3 aromatic rings. The van der Waals surface area contributed by atoms with Crippen molar-refractivity contribution in [3.63, 3.8) is 0 Å². The van der Waals surface area contributed by atoms with Gasteiger partial charge >= 0.3 is 0 Å². The van der Waals surface area contributed by atoms with E-state index in [9.17, 15) is 4.79 Å². The second-order valence-electron chi connectivity index (χ2n) is 7.47. The van der Waals surface area contributed by atoms with Crippen LogP contribution >= 0.6 is 0 Å². The van der Waals surface area contributed by atoms with Gasteiger partial charge in [-0.1, -0.05) is 6.07 Å². The van der Waals surface area contributed by atoms with Gasteiger partial charge in [0.2, 0.25) is 6.79 Å². The molecule has 31 heavy (non-hydrogen) atoms. The minimum atomic E-state index is -0.170. The van der Waals surface area contributed by atoms with Crippen LogP contribution in [0.1, 0.15) is 22.3 Å². The number of aromatic nitrogens is 2. The van der Waals surface area contributed by atoms with Crippen LogP contribution in [0.5, 0.6) is 23.0 Å². The molecule has 0 unspecified atom stereocenters. The molecule has 2 aromatic carbocycles. The third kappa shape index (κ3) is 4.01. The zero-order valence-corrected chi connectivity index (χ0v) is 17.2. The molecule has 1 aromatic heterocycles. The molecule has 1 amide bonds. The monoisotopic (exact) mass is 421 g/mol. The molecule has 5 rings (SSSR count). The highest BCUT2D eigenvalue weighted by molar-refractivity contribution is 5.99. The number of carbonyl (C=O) groups excluding carboxylic acids is 1. The average molecular weight is 421 g/mol. The number of amides is 1. The Balaban J connectivity index is 1.30. The molecule has 0 spiro atoms. The van der Waals surface area contributed by atoms with Crippen molar-refractivity contribution in [2.24, 2.45) is 7.05 Å². The Morgan fingerprint density at radius 2 is 1.74 bits per heavy atom. The molecule has 0 aliphatic carbocycles. The van der Waals surface area contributed by atoms with E-state index in [1.54, 1.807) is 17.9 Å². The van der Waals surface area contributed by atoms with E-state index < -0.39 is 0 Å². The van der Waals surface area contributed by atoms with E-state index in [-0.39, 0.29) is 12.7 Å². The maximum atomic E-state index is 12.9. The SMILES string of the molecule is Cn1cc(C(=O)NCCc2ccc3c(c2)OCO3)c(-c2ccc3c(c2)OCCCO3)n1. The number of hydrogen-bond donors (Lipinski definition) is 1. The average Bonchev–Trinajstić information content (AvgIpc) is 3.33. The van der Waals surface area contributed by atoms with Gasteiger partial charge in [0.15, 0.2) is 23.0 Å². The molecule has 0 saturated carbocycles. The third-order valence-corrected chi connectivity index (χ3v) is 5.23. The Labute approximate surface area is 179 Å². The van der Waals surface area contributed by atoms with E-state index in [1.807, 2.05) is 36.4 Å². The molecular formula is C23H23N3O5. The highest BCUT2D eigenvalue weighted by atomic mass is 16.7. The molecule has 8 nitrogen and oxygen atoms in total. The number of rotatable bonds is 5. The fourth-order valence-corrected chi connectivity index (χ4v) is 3.69. The highest BCUT2D eigenvalue weighted by Crippen LogP contribution is 2.35. The van der Waals surface area contributed by atoms with Gasteiger partial charge in [0.25, 0.3) is 5.91 Å². The number of aryl methyl sites for hydroxylation is 1. The predicted molar refractivity (Wildman–Crippen MR) is 113 cm³/mol. The topological polar surface area (TPSA) is 83.8 Å². The predicted octanol–water partition coefficient (Wildman–Crippen LogP) is 2.95. The molecule has 0 saturated heterocycles. The number of carbonyl (C=O) groups is 1. The molecule has 0 bridgehead atoms. The van der Waals surface area contributed by atoms with Crippen LogP contribution in [0.4, 0.5) is 0 Å². The summed E-state index contributed by atoms with van der Waals surface area (Å²) in [5.74, 6) is 2.72. The maximum Gasteiger partial charge on any atom is 0.255 e. The van der Waals surface area contributed by atoms with E-state index >= 15 is 0 Å². The van der Waals surface area contributed by atoms with Gasteiger partial charge in [-0.15, -0.1) is 0 Å². The molecule has 1 N–H and O–H groups in total. The molecule has 160 valence electrons. The lowest BCUT2D eigenvalue weighted by Crippen LogP contribution is -2.25. The summed E-state index contributed by atoms with van der Waals surface area (Å²) in [4.78, 5) is 12.9. The summed E-state index contributed by atoms with van der Waals surface area (Å²) in [5, 5.41) is 7.50. The summed E-state index contributed by atoms with van der Waals surface area (Å²) < 4.78 is 23.9. The minimum absolute atomic E-state index is 0.170. The Hall–Kier alpha value is -3.68. The largest absolute Gasteiger partial charge is 0.490 e. The van der Waals surface area contributed by atoms with Crippen LogP contribution in [0.15, 0.2) is 42.6 Å². The Morgan fingerprint density at radius 1 is 1.00 bits per heavy atom. The summed E-state index contributed by atoms with van der Waals surface area (Å²) >= 11 is 0. The van der Waals surface area contributed by atoms with Gasteiger partial charge in [0.1, 0.15) is 5.69 Å². The van der Waals surface area contributed by atoms with Crippen molar-refractivity contribution in [2.45, 2.75) is 12.8 Å². The molecule has 0 atom stereocenters. The summed E-state index contributed by atoms with van der Waals surface area (Å²) in [6, 6.07) is 11.5. The van der Waals surface area contributed by atoms with Crippen molar-refractivity contribution in [3.8, 4) is 34.3 Å². The van der Waals surface area contributed by atoms with E-state index in [2.05, 4.69) is 10.4 Å². The Bertz CT molecular complexity index is 1120. The fourth-order valence-electron chi connectivity index (χ4n) is 3.69. The van der Waals surface area contributed by atoms with Gasteiger partial charge in [-0.3, -0.25) is 9.48 Å². The van der Waals surface area contributed by atoms with Crippen molar-refractivity contribution in [1.82, 2.24) is 15.1 Å². The molecule has 2 aliphatic heterocycles. The van der Waals surface area contributed by atoms with Crippen LogP contribution in [0.3, 0.4) is 0 Å². The maximum absolute atomic E-state index is 12.9. The lowest BCUT2D eigenvalue weighted by Gasteiger charge is -2.10. The second-order valence-corrected chi connectivity index (χ2v) is 7.47. The van der Waals surface area contributed by atoms with Crippen LogP contribution in [0.2, 0.25) is 0 Å². The third-order valence-electron chi connectivity index (χ3n) is 5.23. The van der Waals surface area contributed by atoms with E-state index in [4.69, 9.17) is 18.9 Å². The number of hydrogen-bond acceptors (Lipinski definition) is 6. The first-order valence-electron chi connectivity index (χ1n) is 10.3. The summed E-state index contributed by atoms with van der Waals surface area (Å²) in [6.45, 7) is 1.98. The van der Waals surface area contributed by atoms with Gasteiger partial charge in [-0.2, -0.15) is 5.10 Å². The van der Waals surface area contributed by atoms with Crippen LogP contribution in [-0.4, -0.2) is 42.2 Å². The highest BCUT2D eigenvalue weighted by Gasteiger charge is 2.20. The normalized spacial score (nSPS) is 14.2. The number of nitrogens with one attached hydrogen (secondary N) is 1. The molecule has 3 heterocycles. The quantitative estimate of drug-likeness (QED) is 0.682. The standard InChI is InChI=1S/C23H23N3O5/c1-26-13-17(22(25-26)16-4-6-18-21(12-16)29-10-2-9-28-18)23(27)24-8-7-15-3-5-19-20(11-15)31-14-30-19/h3-6,11-13H,2,7-10,14H2,1H3,(H,24,27). The van der Waals surface area contributed by atoms with Crippen molar-refractivity contribution in [3.05, 3.63) is 53.7 Å². The number of ether oxygens (including phenoxy) is 4.